The molecule has 16 heavy (non-hydrogen) atoms. The van der Waals surface area contributed by atoms with E-state index in [1.54, 1.807) is 18.3 Å². The molecule has 0 amide bonds. The van der Waals surface area contributed by atoms with Crippen LogP contribution in [0, 0.1) is 11.8 Å². The molecular formula is C12H17NO2S. The summed E-state index contributed by atoms with van der Waals surface area (Å²) in [6.45, 7) is 3.16. The molecule has 2 N–H and O–H groups in total. The summed E-state index contributed by atoms with van der Waals surface area (Å²) in [5.41, 5.74) is 0. The van der Waals surface area contributed by atoms with Crippen LogP contribution in [0.25, 0.3) is 0 Å². The Morgan fingerprint density at radius 1 is 1.50 bits per heavy atom. The third-order valence-corrected chi connectivity index (χ3v) is 2.94. The lowest BCUT2D eigenvalue weighted by Crippen LogP contribution is -2.26. The molecule has 88 valence electrons. The van der Waals surface area contributed by atoms with Gasteiger partial charge in [-0.1, -0.05) is 11.8 Å². The number of rotatable bonds is 4. The third kappa shape index (κ3) is 4.77. The molecule has 1 unspecified atom stereocenters. The van der Waals surface area contributed by atoms with E-state index >= 15 is 0 Å². The molecule has 0 fully saturated rings. The molecule has 1 heterocycles. The van der Waals surface area contributed by atoms with Crippen molar-refractivity contribution < 1.29 is 10.2 Å². The zero-order valence-corrected chi connectivity index (χ0v) is 10.4. The minimum Gasteiger partial charge on any atom is -0.392 e. The van der Waals surface area contributed by atoms with Crippen LogP contribution in [0.15, 0.2) is 12.1 Å². The summed E-state index contributed by atoms with van der Waals surface area (Å²) in [5.74, 6) is 5.51. The van der Waals surface area contributed by atoms with Gasteiger partial charge in [0.05, 0.1) is 11.0 Å². The minimum atomic E-state index is -0.307. The molecule has 0 aliphatic carbocycles. The van der Waals surface area contributed by atoms with Crippen molar-refractivity contribution in [2.24, 2.45) is 0 Å². The van der Waals surface area contributed by atoms with Crippen LogP contribution in [0.4, 0.5) is 0 Å². The lowest BCUT2D eigenvalue weighted by Gasteiger charge is -2.16. The summed E-state index contributed by atoms with van der Waals surface area (Å²) in [4.78, 5) is 4.25. The van der Waals surface area contributed by atoms with Gasteiger partial charge in [-0.3, -0.25) is 4.90 Å². The van der Waals surface area contributed by atoms with Gasteiger partial charge in [-0.2, -0.15) is 0 Å². The number of aliphatic hydroxyl groups excluding tert-OH is 2. The zero-order valence-electron chi connectivity index (χ0n) is 9.60. The van der Waals surface area contributed by atoms with Crippen molar-refractivity contribution in [3.63, 3.8) is 0 Å². The van der Waals surface area contributed by atoms with Crippen molar-refractivity contribution in [2.45, 2.75) is 19.6 Å². The van der Waals surface area contributed by atoms with Crippen LogP contribution >= 0.6 is 11.3 Å². The second kappa shape index (κ2) is 6.66. The van der Waals surface area contributed by atoms with Crippen LogP contribution in [0.5, 0.6) is 0 Å². The average molecular weight is 239 g/mol. The first-order valence-electron chi connectivity index (χ1n) is 5.17. The number of aliphatic hydroxyl groups is 2. The van der Waals surface area contributed by atoms with E-state index in [4.69, 9.17) is 5.11 Å². The molecule has 0 saturated carbocycles. The Labute approximate surface area is 100 Å². The molecule has 0 aliphatic heterocycles. The van der Waals surface area contributed by atoms with Gasteiger partial charge in [0.25, 0.3) is 0 Å². The van der Waals surface area contributed by atoms with E-state index in [-0.39, 0.29) is 12.7 Å². The monoisotopic (exact) mass is 239 g/mol. The maximum Gasteiger partial charge on any atom is 0.104 e. The van der Waals surface area contributed by atoms with Crippen LogP contribution in [0.2, 0.25) is 0 Å². The van der Waals surface area contributed by atoms with Crippen molar-refractivity contribution in [2.75, 3.05) is 20.2 Å². The summed E-state index contributed by atoms with van der Waals surface area (Å²) in [7, 11) is 1.98. The number of nitrogens with zero attached hydrogens (tertiary/aromatic N) is 1. The van der Waals surface area contributed by atoms with Gasteiger partial charge in [-0.25, -0.2) is 0 Å². The first-order valence-corrected chi connectivity index (χ1v) is 5.98. The van der Waals surface area contributed by atoms with Crippen molar-refractivity contribution >= 4 is 11.3 Å². The molecule has 1 atom stereocenters. The lowest BCUT2D eigenvalue weighted by atomic mass is 10.3. The minimum absolute atomic E-state index is 0.102. The van der Waals surface area contributed by atoms with Gasteiger partial charge >= 0.3 is 0 Å². The molecule has 1 aromatic heterocycles. The fourth-order valence-corrected chi connectivity index (χ4v) is 2.40. The molecule has 0 radical (unpaired) electrons. The molecule has 0 bridgehead atoms. The predicted octanol–water partition coefficient (Wildman–Crippen LogP) is 0.905. The fraction of sp³-hybridized carbons (Fsp3) is 0.500. The SMILES string of the molecule is CC(O)CN(C)Cc1ccc(C#CCO)s1. The molecule has 3 nitrogen and oxygen atoms in total. The molecule has 0 saturated heterocycles. The van der Waals surface area contributed by atoms with Gasteiger partial charge in [0, 0.05) is 18.0 Å². The highest BCUT2D eigenvalue weighted by Gasteiger charge is 2.05. The van der Waals surface area contributed by atoms with E-state index in [1.807, 2.05) is 19.2 Å². The van der Waals surface area contributed by atoms with E-state index in [2.05, 4.69) is 16.7 Å². The van der Waals surface area contributed by atoms with E-state index in [0.29, 0.717) is 6.54 Å². The van der Waals surface area contributed by atoms with Crippen LogP contribution < -0.4 is 0 Å². The highest BCUT2D eigenvalue weighted by atomic mass is 32.1. The van der Waals surface area contributed by atoms with Crippen molar-refractivity contribution in [3.05, 3.63) is 21.9 Å². The summed E-state index contributed by atoms with van der Waals surface area (Å²) in [6, 6.07) is 3.99. The predicted molar refractivity (Wildman–Crippen MR) is 66.3 cm³/mol. The Morgan fingerprint density at radius 2 is 2.25 bits per heavy atom. The van der Waals surface area contributed by atoms with Gasteiger partial charge in [0.15, 0.2) is 0 Å². The normalized spacial score (nSPS) is 12.3. The molecule has 1 rings (SSSR count). The Kier molecular flexibility index (Phi) is 5.50. The van der Waals surface area contributed by atoms with Crippen LogP contribution in [-0.4, -0.2) is 41.4 Å². The number of likely N-dealkylation sites (N-methyl/N-ethyl adjacent to an activating group) is 1. The second-order valence-corrected chi connectivity index (χ2v) is 4.94. The van der Waals surface area contributed by atoms with Gasteiger partial charge in [0.2, 0.25) is 0 Å². The maximum atomic E-state index is 9.23. The quantitative estimate of drug-likeness (QED) is 0.767. The summed E-state index contributed by atoms with van der Waals surface area (Å²) >= 11 is 1.62. The Balaban J connectivity index is 2.51. The Morgan fingerprint density at radius 3 is 2.88 bits per heavy atom. The molecule has 1 aromatic rings. The maximum absolute atomic E-state index is 9.23. The second-order valence-electron chi connectivity index (χ2n) is 3.77. The molecular weight excluding hydrogens is 222 g/mol. The Hall–Kier alpha value is -0.860. The smallest absolute Gasteiger partial charge is 0.104 e. The van der Waals surface area contributed by atoms with Crippen LogP contribution in [0.1, 0.15) is 16.7 Å². The molecule has 4 heteroatoms. The van der Waals surface area contributed by atoms with Gasteiger partial charge < -0.3 is 10.2 Å². The number of hydrogen-bond donors (Lipinski definition) is 2. The van der Waals surface area contributed by atoms with E-state index in [9.17, 15) is 5.11 Å². The number of thiophene rings is 1. The first-order chi connectivity index (χ1) is 7.61. The largest absolute Gasteiger partial charge is 0.392 e. The van der Waals surface area contributed by atoms with Crippen LogP contribution in [0.3, 0.4) is 0 Å². The molecule has 0 aromatic carbocycles. The van der Waals surface area contributed by atoms with Crippen molar-refractivity contribution in [3.8, 4) is 11.8 Å². The molecule has 0 spiro atoms. The topological polar surface area (TPSA) is 43.7 Å². The third-order valence-electron chi connectivity index (χ3n) is 1.95. The van der Waals surface area contributed by atoms with E-state index in [0.717, 1.165) is 11.4 Å². The summed E-state index contributed by atoms with van der Waals surface area (Å²) in [5, 5.41) is 17.8. The standard InChI is InChI=1S/C12H17NO2S/c1-10(15)8-13(2)9-12-6-5-11(16-12)4-3-7-14/h5-6,10,14-15H,7-9H2,1-2H3. The van der Waals surface area contributed by atoms with Gasteiger partial charge in [-0.05, 0) is 26.1 Å². The average Bonchev–Trinajstić information content (AvgIpc) is 2.61. The first kappa shape index (κ1) is 13.2. The Bertz CT molecular complexity index is 376. The highest BCUT2D eigenvalue weighted by Crippen LogP contribution is 2.16. The zero-order chi connectivity index (χ0) is 12.0. The van der Waals surface area contributed by atoms with Crippen molar-refractivity contribution in [1.29, 1.82) is 0 Å². The van der Waals surface area contributed by atoms with E-state index in [1.165, 1.54) is 4.88 Å². The molecule has 0 aliphatic rings. The van der Waals surface area contributed by atoms with Crippen molar-refractivity contribution in [1.82, 2.24) is 4.90 Å². The fourth-order valence-electron chi connectivity index (χ4n) is 1.44. The van der Waals surface area contributed by atoms with E-state index < -0.39 is 0 Å². The van der Waals surface area contributed by atoms with Gasteiger partial charge in [0.1, 0.15) is 6.61 Å². The summed E-state index contributed by atoms with van der Waals surface area (Å²) in [6.07, 6.45) is -0.307. The highest BCUT2D eigenvalue weighted by molar-refractivity contribution is 7.12. The van der Waals surface area contributed by atoms with Crippen LogP contribution in [-0.2, 0) is 6.54 Å². The summed E-state index contributed by atoms with van der Waals surface area (Å²) < 4.78 is 0. The number of hydrogen-bond acceptors (Lipinski definition) is 4. The lowest BCUT2D eigenvalue weighted by molar-refractivity contribution is 0.139. The van der Waals surface area contributed by atoms with Gasteiger partial charge in [-0.15, -0.1) is 11.3 Å².